The molecule has 0 aromatic carbocycles. The minimum Gasteiger partial charge on any atom is -0.315 e. The minimum atomic E-state index is 0.215. The molecule has 0 heterocycles. The van der Waals surface area contributed by atoms with E-state index in [0.29, 0.717) is 17.3 Å². The van der Waals surface area contributed by atoms with E-state index in [2.05, 4.69) is 60.8 Å². The summed E-state index contributed by atoms with van der Waals surface area (Å²) in [5.74, 6) is 1.40. The van der Waals surface area contributed by atoms with Crippen molar-refractivity contribution in [2.75, 3.05) is 7.05 Å². The molecule has 1 N–H and O–H groups in total. The largest absolute Gasteiger partial charge is 0.315 e. The molecule has 0 rings (SSSR count). The van der Waals surface area contributed by atoms with E-state index < -0.39 is 0 Å². The van der Waals surface area contributed by atoms with Crippen LogP contribution in [0.5, 0.6) is 0 Å². The Morgan fingerprint density at radius 1 is 0.923 bits per heavy atom. The van der Waals surface area contributed by atoms with Gasteiger partial charge in [0.2, 0.25) is 0 Å². The van der Waals surface area contributed by atoms with Crippen molar-refractivity contribution in [1.82, 2.24) is 5.32 Å². The number of hydrogen-bond donors (Lipinski definition) is 1. The average molecular weight is 185 g/mol. The van der Waals surface area contributed by atoms with E-state index in [0.717, 1.165) is 0 Å². The molecule has 0 radical (unpaired) electrons. The van der Waals surface area contributed by atoms with E-state index in [9.17, 15) is 0 Å². The van der Waals surface area contributed by atoms with Gasteiger partial charge in [-0.2, -0.15) is 0 Å². The van der Waals surface area contributed by atoms with Gasteiger partial charge >= 0.3 is 0 Å². The van der Waals surface area contributed by atoms with E-state index in [1.807, 2.05) is 0 Å². The second-order valence-corrected chi connectivity index (χ2v) is 6.06. The summed E-state index contributed by atoms with van der Waals surface area (Å²) in [6.45, 7) is 16.2. The summed E-state index contributed by atoms with van der Waals surface area (Å²) in [6.07, 6.45) is 0. The van der Waals surface area contributed by atoms with Crippen molar-refractivity contribution in [3.8, 4) is 0 Å². The van der Waals surface area contributed by atoms with Gasteiger partial charge in [-0.25, -0.2) is 0 Å². The molecule has 1 heteroatoms. The predicted octanol–water partition coefficient (Wildman–Crippen LogP) is 3.30. The molecule has 1 nitrogen and oxygen atoms in total. The Bertz CT molecular complexity index is 151. The summed E-state index contributed by atoms with van der Waals surface area (Å²) >= 11 is 0. The van der Waals surface area contributed by atoms with Crippen LogP contribution in [-0.4, -0.2) is 12.6 Å². The first-order valence-electron chi connectivity index (χ1n) is 5.32. The highest BCUT2D eigenvalue weighted by molar-refractivity contribution is 4.93. The first-order valence-corrected chi connectivity index (χ1v) is 5.32. The molecule has 0 aliphatic rings. The smallest absolute Gasteiger partial charge is 0.0157 e. The fourth-order valence-electron chi connectivity index (χ4n) is 3.07. The molecular formula is C12H27N. The lowest BCUT2D eigenvalue weighted by atomic mass is 9.65. The van der Waals surface area contributed by atoms with Gasteiger partial charge in [0.05, 0.1) is 0 Å². The fourth-order valence-corrected chi connectivity index (χ4v) is 3.07. The molecular weight excluding hydrogens is 158 g/mol. The van der Waals surface area contributed by atoms with Gasteiger partial charge in [-0.15, -0.1) is 0 Å². The molecule has 0 amide bonds. The van der Waals surface area contributed by atoms with Gasteiger partial charge in [-0.3, -0.25) is 0 Å². The topological polar surface area (TPSA) is 12.0 Å². The Morgan fingerprint density at radius 3 is 1.38 bits per heavy atom. The standard InChI is InChI=1S/C12H27N/c1-9(2)10(11(3,4)5)12(6,7)13-8/h9-10,13H,1-8H3. The van der Waals surface area contributed by atoms with Gasteiger partial charge in [-0.05, 0) is 38.1 Å². The van der Waals surface area contributed by atoms with Crippen LogP contribution < -0.4 is 5.32 Å². The first kappa shape index (κ1) is 13.0. The van der Waals surface area contributed by atoms with Gasteiger partial charge in [-0.1, -0.05) is 34.6 Å². The summed E-state index contributed by atoms with van der Waals surface area (Å²) < 4.78 is 0. The molecule has 0 aromatic heterocycles. The summed E-state index contributed by atoms with van der Waals surface area (Å²) in [5.41, 5.74) is 0.576. The zero-order valence-electron chi connectivity index (χ0n) is 10.7. The van der Waals surface area contributed by atoms with Crippen molar-refractivity contribution >= 4 is 0 Å². The second kappa shape index (κ2) is 4.00. The van der Waals surface area contributed by atoms with Crippen LogP contribution in [0.25, 0.3) is 0 Å². The molecule has 0 saturated heterocycles. The van der Waals surface area contributed by atoms with Gasteiger partial charge in [0.25, 0.3) is 0 Å². The van der Waals surface area contributed by atoms with Crippen LogP contribution in [-0.2, 0) is 0 Å². The van der Waals surface area contributed by atoms with Crippen LogP contribution in [0.1, 0.15) is 48.5 Å². The quantitative estimate of drug-likeness (QED) is 0.711. The van der Waals surface area contributed by atoms with E-state index in [-0.39, 0.29) is 5.54 Å². The molecule has 0 bridgehead atoms. The molecule has 0 aliphatic heterocycles. The molecule has 80 valence electrons. The van der Waals surface area contributed by atoms with Gasteiger partial charge in [0, 0.05) is 5.54 Å². The summed E-state index contributed by atoms with van der Waals surface area (Å²) in [4.78, 5) is 0. The lowest BCUT2D eigenvalue weighted by Crippen LogP contribution is -2.51. The zero-order chi connectivity index (χ0) is 10.9. The molecule has 0 saturated carbocycles. The van der Waals surface area contributed by atoms with Crippen molar-refractivity contribution in [3.63, 3.8) is 0 Å². The third kappa shape index (κ3) is 3.30. The van der Waals surface area contributed by atoms with Crippen LogP contribution >= 0.6 is 0 Å². The van der Waals surface area contributed by atoms with Crippen molar-refractivity contribution in [2.45, 2.75) is 54.0 Å². The van der Waals surface area contributed by atoms with Crippen molar-refractivity contribution in [2.24, 2.45) is 17.3 Å². The van der Waals surface area contributed by atoms with Crippen molar-refractivity contribution < 1.29 is 0 Å². The highest BCUT2D eigenvalue weighted by Crippen LogP contribution is 2.39. The Balaban J connectivity index is 4.83. The lowest BCUT2D eigenvalue weighted by Gasteiger charge is -2.45. The van der Waals surface area contributed by atoms with Gasteiger partial charge in [0.15, 0.2) is 0 Å². The molecule has 0 aliphatic carbocycles. The highest BCUT2D eigenvalue weighted by Gasteiger charge is 2.38. The third-order valence-corrected chi connectivity index (χ3v) is 3.02. The Morgan fingerprint density at radius 2 is 1.31 bits per heavy atom. The Kier molecular flexibility index (Phi) is 3.98. The minimum absolute atomic E-state index is 0.215. The van der Waals surface area contributed by atoms with Crippen molar-refractivity contribution in [1.29, 1.82) is 0 Å². The summed E-state index contributed by atoms with van der Waals surface area (Å²) in [6, 6.07) is 0. The molecule has 0 spiro atoms. The van der Waals surface area contributed by atoms with E-state index in [1.54, 1.807) is 0 Å². The van der Waals surface area contributed by atoms with Crippen LogP contribution in [0, 0.1) is 17.3 Å². The third-order valence-electron chi connectivity index (χ3n) is 3.02. The van der Waals surface area contributed by atoms with Crippen LogP contribution in [0.15, 0.2) is 0 Å². The van der Waals surface area contributed by atoms with Crippen LogP contribution in [0.2, 0.25) is 0 Å². The van der Waals surface area contributed by atoms with E-state index in [1.165, 1.54) is 0 Å². The van der Waals surface area contributed by atoms with E-state index in [4.69, 9.17) is 0 Å². The van der Waals surface area contributed by atoms with Gasteiger partial charge < -0.3 is 5.32 Å². The number of rotatable bonds is 3. The number of hydrogen-bond acceptors (Lipinski definition) is 1. The normalized spacial score (nSPS) is 16.4. The summed E-state index contributed by atoms with van der Waals surface area (Å²) in [5, 5.41) is 3.43. The average Bonchev–Trinajstić information content (AvgIpc) is 1.82. The maximum Gasteiger partial charge on any atom is 0.0157 e. The zero-order valence-corrected chi connectivity index (χ0v) is 10.7. The van der Waals surface area contributed by atoms with Crippen LogP contribution in [0.4, 0.5) is 0 Å². The fraction of sp³-hybridized carbons (Fsp3) is 1.00. The molecule has 0 aromatic rings. The number of nitrogens with one attached hydrogen (secondary N) is 1. The second-order valence-electron chi connectivity index (χ2n) is 6.06. The maximum atomic E-state index is 3.43. The maximum absolute atomic E-state index is 3.43. The van der Waals surface area contributed by atoms with E-state index >= 15 is 0 Å². The molecule has 0 fully saturated rings. The molecule has 13 heavy (non-hydrogen) atoms. The lowest BCUT2D eigenvalue weighted by molar-refractivity contribution is 0.0811. The first-order chi connectivity index (χ1) is 5.63. The molecule has 1 atom stereocenters. The summed E-state index contributed by atoms with van der Waals surface area (Å²) in [7, 11) is 2.06. The SMILES string of the molecule is CNC(C)(C)C(C(C)C)C(C)(C)C. The Hall–Kier alpha value is -0.0400. The Labute approximate surface area is 84.3 Å². The highest BCUT2D eigenvalue weighted by atomic mass is 14.9. The predicted molar refractivity (Wildman–Crippen MR) is 60.9 cm³/mol. The molecule has 1 unspecified atom stereocenters. The van der Waals surface area contributed by atoms with Crippen LogP contribution in [0.3, 0.4) is 0 Å². The van der Waals surface area contributed by atoms with Gasteiger partial charge in [0.1, 0.15) is 0 Å². The van der Waals surface area contributed by atoms with Crippen molar-refractivity contribution in [3.05, 3.63) is 0 Å². The monoisotopic (exact) mass is 185 g/mol.